The van der Waals surface area contributed by atoms with E-state index in [1.54, 1.807) is 6.07 Å². The van der Waals surface area contributed by atoms with Crippen LogP contribution in [0.15, 0.2) is 18.2 Å². The lowest BCUT2D eigenvalue weighted by Crippen LogP contribution is -2.47. The summed E-state index contributed by atoms with van der Waals surface area (Å²) in [5.41, 5.74) is 6.57. The molecule has 3 N–H and O–H groups in total. The summed E-state index contributed by atoms with van der Waals surface area (Å²) in [4.78, 5) is 0. The lowest BCUT2D eigenvalue weighted by Gasteiger charge is -2.26. The molecule has 26 heavy (non-hydrogen) atoms. The average molecular weight is 382 g/mol. The molecule has 146 valence electrons. The Kier molecular flexibility index (Phi) is 11.2. The van der Waals surface area contributed by atoms with Gasteiger partial charge in [0.25, 0.3) is 0 Å². The monoisotopic (exact) mass is 382 g/mol. The van der Waals surface area contributed by atoms with Crippen molar-refractivity contribution in [2.24, 2.45) is 5.73 Å². The van der Waals surface area contributed by atoms with E-state index in [1.807, 2.05) is 12.1 Å². The number of ether oxygens (including phenoxy) is 1. The molecule has 1 rings (SSSR count). The summed E-state index contributed by atoms with van der Waals surface area (Å²) in [5.74, 6) is 0.603. The third-order valence-corrected chi connectivity index (χ3v) is 4.64. The molecule has 0 aliphatic carbocycles. The second kappa shape index (κ2) is 12.9. The van der Waals surface area contributed by atoms with Crippen LogP contribution in [-0.4, -0.2) is 30.5 Å². The van der Waals surface area contributed by atoms with Gasteiger partial charge in [0.05, 0.1) is 30.9 Å². The minimum atomic E-state index is -1.34. The van der Waals surface area contributed by atoms with Crippen LogP contribution in [0.25, 0.3) is 0 Å². The zero-order valence-corrected chi connectivity index (χ0v) is 16.7. The molecule has 0 amide bonds. The van der Waals surface area contributed by atoms with Crippen molar-refractivity contribution < 1.29 is 18.9 Å². The van der Waals surface area contributed by atoms with Crippen LogP contribution >= 0.6 is 8.69 Å². The maximum Gasteiger partial charge on any atom is 0.180 e. The number of benzene rings is 1. The van der Waals surface area contributed by atoms with Crippen molar-refractivity contribution in [3.05, 3.63) is 29.3 Å². The minimum Gasteiger partial charge on any atom is -0.492 e. The Balaban J connectivity index is 2.56. The molecular formula is C19H31N2O4P. The van der Waals surface area contributed by atoms with Gasteiger partial charge in [0, 0.05) is 0 Å². The third-order valence-electron chi connectivity index (χ3n) is 4.34. The molecule has 7 heteroatoms. The smallest absolute Gasteiger partial charge is 0.180 e. The summed E-state index contributed by atoms with van der Waals surface area (Å²) in [6.45, 7) is 2.59. The van der Waals surface area contributed by atoms with Crippen molar-refractivity contribution in [3.63, 3.8) is 0 Å². The standard InChI is InChI=1S/C19H31N2O4P/c1-2-3-4-5-6-11-24-18-8-7-16(12-17(18)13-20)9-10-19(21,14-22)15-25-26-23/h7-8,12,22H,2-6,9-11,14-15,21,26H2,1H3. The van der Waals surface area contributed by atoms with Gasteiger partial charge in [0.15, 0.2) is 8.69 Å². The number of hydrogen-bond acceptors (Lipinski definition) is 6. The number of aryl methyl sites for hydroxylation is 1. The Morgan fingerprint density at radius 3 is 2.73 bits per heavy atom. The van der Waals surface area contributed by atoms with Crippen molar-refractivity contribution in [2.45, 2.75) is 57.4 Å². The van der Waals surface area contributed by atoms with Gasteiger partial charge in [-0.05, 0) is 37.0 Å². The zero-order chi connectivity index (χ0) is 19.3. The van der Waals surface area contributed by atoms with Gasteiger partial charge in [0.2, 0.25) is 0 Å². The van der Waals surface area contributed by atoms with Crippen LogP contribution in [0, 0.1) is 11.3 Å². The Morgan fingerprint density at radius 1 is 1.31 bits per heavy atom. The van der Waals surface area contributed by atoms with Crippen LogP contribution in [-0.2, 0) is 15.5 Å². The van der Waals surface area contributed by atoms with Gasteiger partial charge in [-0.2, -0.15) is 5.26 Å². The Labute approximate surface area is 157 Å². The first-order valence-electron chi connectivity index (χ1n) is 9.19. The molecule has 0 aliphatic heterocycles. The van der Waals surface area contributed by atoms with Crippen molar-refractivity contribution in [1.29, 1.82) is 5.26 Å². The number of nitrogens with zero attached hydrogens (tertiary/aromatic N) is 1. The van der Waals surface area contributed by atoms with E-state index in [9.17, 15) is 14.9 Å². The van der Waals surface area contributed by atoms with Gasteiger partial charge in [-0.25, -0.2) is 0 Å². The molecule has 0 heterocycles. The molecule has 0 spiro atoms. The number of aliphatic hydroxyl groups excluding tert-OH is 1. The van der Waals surface area contributed by atoms with Gasteiger partial charge in [-0.15, -0.1) is 0 Å². The summed E-state index contributed by atoms with van der Waals surface area (Å²) in [7, 11) is -1.34. The molecule has 1 aromatic rings. The van der Waals surface area contributed by atoms with Crippen molar-refractivity contribution in [3.8, 4) is 11.8 Å². The van der Waals surface area contributed by atoms with E-state index in [2.05, 4.69) is 13.0 Å². The highest BCUT2D eigenvalue weighted by Gasteiger charge is 2.24. The van der Waals surface area contributed by atoms with Gasteiger partial charge in [-0.1, -0.05) is 38.7 Å². The summed E-state index contributed by atoms with van der Waals surface area (Å²) in [6.07, 6.45) is 6.85. The highest BCUT2D eigenvalue weighted by atomic mass is 31.1. The van der Waals surface area contributed by atoms with E-state index in [4.69, 9.17) is 15.0 Å². The van der Waals surface area contributed by atoms with E-state index in [-0.39, 0.29) is 13.2 Å². The fraction of sp³-hybridized carbons (Fsp3) is 0.632. The predicted molar refractivity (Wildman–Crippen MR) is 104 cm³/mol. The molecule has 0 bridgehead atoms. The van der Waals surface area contributed by atoms with E-state index in [1.165, 1.54) is 19.3 Å². The highest BCUT2D eigenvalue weighted by molar-refractivity contribution is 7.17. The molecule has 0 saturated heterocycles. The average Bonchev–Trinajstić information content (AvgIpc) is 2.67. The number of unbranched alkanes of at least 4 members (excludes halogenated alkanes) is 4. The maximum atomic E-state index is 10.5. The topological polar surface area (TPSA) is 106 Å². The van der Waals surface area contributed by atoms with Gasteiger partial charge in [-0.3, -0.25) is 4.57 Å². The molecular weight excluding hydrogens is 351 g/mol. The molecule has 0 fully saturated rings. The quantitative estimate of drug-likeness (QED) is 0.378. The Hall–Kier alpha value is -1.38. The molecule has 2 unspecified atom stereocenters. The molecule has 6 nitrogen and oxygen atoms in total. The van der Waals surface area contributed by atoms with Gasteiger partial charge >= 0.3 is 0 Å². The normalized spacial score (nSPS) is 13.6. The van der Waals surface area contributed by atoms with Crippen LogP contribution in [0.5, 0.6) is 5.75 Å². The van der Waals surface area contributed by atoms with Crippen LogP contribution < -0.4 is 10.5 Å². The molecule has 0 aliphatic rings. The number of nitrogens with two attached hydrogens (primary N) is 1. The second-order valence-electron chi connectivity index (χ2n) is 6.63. The summed E-state index contributed by atoms with van der Waals surface area (Å²) >= 11 is 0. The molecule has 0 radical (unpaired) electrons. The molecule has 2 atom stereocenters. The van der Waals surface area contributed by atoms with E-state index in [0.29, 0.717) is 30.8 Å². The third kappa shape index (κ3) is 8.33. The van der Waals surface area contributed by atoms with Crippen molar-refractivity contribution in [2.75, 3.05) is 19.8 Å². The first-order chi connectivity index (χ1) is 12.6. The maximum absolute atomic E-state index is 10.5. The molecule has 0 saturated carbocycles. The first-order valence-corrected chi connectivity index (χ1v) is 10.1. The fourth-order valence-electron chi connectivity index (χ4n) is 2.62. The first kappa shape index (κ1) is 22.7. The van der Waals surface area contributed by atoms with Gasteiger partial charge < -0.3 is 20.1 Å². The molecule has 1 aromatic carbocycles. The van der Waals surface area contributed by atoms with E-state index < -0.39 is 14.2 Å². The number of nitriles is 1. The zero-order valence-electron chi connectivity index (χ0n) is 15.6. The summed E-state index contributed by atoms with van der Waals surface area (Å²) < 4.78 is 21.2. The number of rotatable bonds is 14. The second-order valence-corrected chi connectivity index (χ2v) is 7.16. The Bertz CT molecular complexity index is 591. The van der Waals surface area contributed by atoms with Crippen LogP contribution in [0.2, 0.25) is 0 Å². The molecule has 0 aromatic heterocycles. The van der Waals surface area contributed by atoms with Crippen molar-refractivity contribution in [1.82, 2.24) is 0 Å². The van der Waals surface area contributed by atoms with Crippen LogP contribution in [0.1, 0.15) is 56.6 Å². The minimum absolute atomic E-state index is 0.0483. The number of aliphatic hydroxyl groups is 1. The summed E-state index contributed by atoms with van der Waals surface area (Å²) in [5, 5.41) is 18.8. The predicted octanol–water partition coefficient (Wildman–Crippen LogP) is 3.22. The van der Waals surface area contributed by atoms with Gasteiger partial charge in [0.1, 0.15) is 11.8 Å². The van der Waals surface area contributed by atoms with Crippen LogP contribution in [0.4, 0.5) is 0 Å². The highest BCUT2D eigenvalue weighted by Crippen LogP contribution is 2.22. The largest absolute Gasteiger partial charge is 0.492 e. The SMILES string of the molecule is CCCCCCCOc1ccc(CCC(N)(CO)CO[PH2]=O)cc1C#N. The summed E-state index contributed by atoms with van der Waals surface area (Å²) in [6, 6.07) is 7.69. The van der Waals surface area contributed by atoms with E-state index in [0.717, 1.165) is 18.4 Å². The van der Waals surface area contributed by atoms with E-state index >= 15 is 0 Å². The Morgan fingerprint density at radius 2 is 2.08 bits per heavy atom. The fourth-order valence-corrected chi connectivity index (χ4v) is 3.02. The van der Waals surface area contributed by atoms with Crippen LogP contribution in [0.3, 0.4) is 0 Å². The lowest BCUT2D eigenvalue weighted by atomic mass is 9.93. The number of hydrogen-bond donors (Lipinski definition) is 2. The lowest BCUT2D eigenvalue weighted by molar-refractivity contribution is 0.133. The van der Waals surface area contributed by atoms with Crippen molar-refractivity contribution >= 4 is 8.69 Å².